The summed E-state index contributed by atoms with van der Waals surface area (Å²) in [7, 11) is 0. The van der Waals surface area contributed by atoms with E-state index < -0.39 is 29.5 Å². The molecule has 256 valence electrons. The van der Waals surface area contributed by atoms with Gasteiger partial charge in [0.1, 0.15) is 29.0 Å². The maximum absolute atomic E-state index is 14.9. The fourth-order valence-electron chi connectivity index (χ4n) is 7.26. The normalized spacial score (nSPS) is 23.5. The molecule has 0 unspecified atom stereocenters. The first kappa shape index (κ1) is 32.7. The van der Waals surface area contributed by atoms with Crippen LogP contribution in [0.3, 0.4) is 0 Å². The van der Waals surface area contributed by atoms with Crippen molar-refractivity contribution in [3.63, 3.8) is 0 Å². The number of carbonyl (C=O) groups is 2. The van der Waals surface area contributed by atoms with Gasteiger partial charge in [-0.1, -0.05) is 24.0 Å². The Hall–Kier alpha value is -4.85. The second-order valence-corrected chi connectivity index (χ2v) is 15.3. The van der Waals surface area contributed by atoms with Crippen molar-refractivity contribution in [2.75, 3.05) is 6.54 Å². The Kier molecular flexibility index (Phi) is 8.16. The summed E-state index contributed by atoms with van der Waals surface area (Å²) in [5.74, 6) is 7.48. The number of H-pyrrole nitrogens is 2. The van der Waals surface area contributed by atoms with Crippen LogP contribution in [0.4, 0.5) is 14.0 Å². The van der Waals surface area contributed by atoms with E-state index in [2.05, 4.69) is 26.8 Å². The molecule has 2 aromatic heterocycles. The van der Waals surface area contributed by atoms with Crippen LogP contribution in [0.15, 0.2) is 48.7 Å². The summed E-state index contributed by atoms with van der Waals surface area (Å²) in [4.78, 5) is 45.5. The molecule has 4 aromatic rings. The van der Waals surface area contributed by atoms with Crippen LogP contribution in [0.5, 0.6) is 0 Å². The van der Waals surface area contributed by atoms with E-state index in [0.717, 1.165) is 52.1 Å². The predicted octanol–water partition coefficient (Wildman–Crippen LogP) is 7.83. The highest BCUT2D eigenvalue weighted by atomic mass is 19.1. The molecule has 5 atom stereocenters. The number of rotatable bonds is 3. The van der Waals surface area contributed by atoms with Crippen molar-refractivity contribution in [3.05, 3.63) is 71.4 Å². The van der Waals surface area contributed by atoms with Crippen molar-refractivity contribution in [2.45, 2.75) is 103 Å². The third kappa shape index (κ3) is 6.74. The fourth-order valence-corrected chi connectivity index (χ4v) is 7.26. The van der Waals surface area contributed by atoms with Crippen LogP contribution < -0.4 is 0 Å². The Morgan fingerprint density at radius 2 is 1.59 bits per heavy atom. The van der Waals surface area contributed by atoms with Crippen molar-refractivity contribution >= 4 is 23.2 Å². The molecule has 3 fully saturated rings. The summed E-state index contributed by atoms with van der Waals surface area (Å²) < 4.78 is 26.2. The molecular formula is C38H43FN6O4. The Labute approximate surface area is 285 Å². The van der Waals surface area contributed by atoms with Crippen molar-refractivity contribution in [1.82, 2.24) is 29.7 Å². The highest BCUT2D eigenvalue weighted by Gasteiger charge is 2.56. The first-order valence-corrected chi connectivity index (χ1v) is 17.0. The van der Waals surface area contributed by atoms with Gasteiger partial charge in [-0.3, -0.25) is 9.80 Å². The van der Waals surface area contributed by atoms with E-state index in [0.29, 0.717) is 25.2 Å². The average molecular weight is 667 g/mol. The average Bonchev–Trinajstić information content (AvgIpc) is 3.85. The molecule has 2 aliphatic heterocycles. The first-order chi connectivity index (χ1) is 23.2. The van der Waals surface area contributed by atoms with Crippen LogP contribution in [0.25, 0.3) is 22.3 Å². The maximum atomic E-state index is 14.9. The molecule has 10 nitrogen and oxygen atoms in total. The zero-order valence-electron chi connectivity index (χ0n) is 28.8. The molecule has 0 spiro atoms. The highest BCUT2D eigenvalue weighted by molar-refractivity contribution is 5.78. The molecule has 2 N–H and O–H groups in total. The van der Waals surface area contributed by atoms with E-state index in [1.54, 1.807) is 16.0 Å². The van der Waals surface area contributed by atoms with Crippen molar-refractivity contribution in [1.29, 1.82) is 0 Å². The van der Waals surface area contributed by atoms with Crippen LogP contribution in [0.2, 0.25) is 0 Å². The lowest BCUT2D eigenvalue weighted by molar-refractivity contribution is -0.00203. The Morgan fingerprint density at radius 3 is 2.33 bits per heavy atom. The second kappa shape index (κ2) is 12.2. The number of alkyl halides is 1. The number of benzene rings is 2. The molecule has 1 aliphatic carbocycles. The molecular weight excluding hydrogens is 623 g/mol. The molecule has 7 rings (SSSR count). The molecule has 0 radical (unpaired) electrons. The lowest BCUT2D eigenvalue weighted by atomic mass is 9.96. The number of halogens is 1. The predicted molar refractivity (Wildman–Crippen MR) is 183 cm³/mol. The number of hydrogen-bond acceptors (Lipinski definition) is 6. The van der Waals surface area contributed by atoms with Gasteiger partial charge in [0.15, 0.2) is 0 Å². The Balaban J connectivity index is 1.05. The van der Waals surface area contributed by atoms with E-state index in [9.17, 15) is 14.0 Å². The van der Waals surface area contributed by atoms with Crippen molar-refractivity contribution < 1.29 is 23.5 Å². The smallest absolute Gasteiger partial charge is 0.411 e. The van der Waals surface area contributed by atoms with Crippen LogP contribution >= 0.6 is 0 Å². The van der Waals surface area contributed by atoms with Crippen LogP contribution in [-0.4, -0.2) is 71.9 Å². The molecule has 2 bridgehead atoms. The van der Waals surface area contributed by atoms with Gasteiger partial charge in [0.25, 0.3) is 0 Å². The number of piperidine rings is 1. The first-order valence-electron chi connectivity index (χ1n) is 17.0. The minimum Gasteiger partial charge on any atom is -0.444 e. The van der Waals surface area contributed by atoms with E-state index in [-0.39, 0.29) is 24.1 Å². The number of hydrogen-bond donors (Lipinski definition) is 2. The number of imidazole rings is 2. The Morgan fingerprint density at radius 1 is 0.898 bits per heavy atom. The minimum absolute atomic E-state index is 0.144. The summed E-state index contributed by atoms with van der Waals surface area (Å²) in [6.45, 7) is 11.8. The van der Waals surface area contributed by atoms with Crippen molar-refractivity contribution in [3.8, 4) is 23.1 Å². The molecule has 49 heavy (non-hydrogen) atoms. The van der Waals surface area contributed by atoms with Crippen LogP contribution in [0, 0.1) is 17.8 Å². The standard InChI is InChI=1S/C38H43FN6O4/c1-37(2,3)48-35(46)44-17-7-8-31(44)33-40-21-30(43-33)24-14-11-22(12-15-24)9-10-23-13-16-28-29(18-23)42-34(41-28)32-26-19-25(20-27(26)39)45(32)36(47)49-38(4,5)6/h11-16,18,21,25-27,31-32H,7-8,17,19-20H2,1-6H3,(H,40,43)(H,41,42)/t25-,26-,27+,31+,32+/m1/s1. The lowest BCUT2D eigenvalue weighted by Gasteiger charge is -2.36. The Bertz CT molecular complexity index is 1940. The third-order valence-electron chi connectivity index (χ3n) is 9.33. The summed E-state index contributed by atoms with van der Waals surface area (Å²) >= 11 is 0. The summed E-state index contributed by atoms with van der Waals surface area (Å²) in [5, 5.41) is 0. The number of carbonyl (C=O) groups excluding carboxylic acids is 2. The number of nitrogens with one attached hydrogen (secondary N) is 2. The van der Waals surface area contributed by atoms with Gasteiger partial charge in [-0.25, -0.2) is 23.9 Å². The quantitative estimate of drug-likeness (QED) is 0.215. The topological polar surface area (TPSA) is 116 Å². The second-order valence-electron chi connectivity index (χ2n) is 15.3. The third-order valence-corrected chi connectivity index (χ3v) is 9.33. The summed E-state index contributed by atoms with van der Waals surface area (Å²) in [6.07, 6.45) is 2.74. The van der Waals surface area contributed by atoms with Gasteiger partial charge in [-0.05, 0) is 103 Å². The maximum Gasteiger partial charge on any atom is 0.411 e. The largest absolute Gasteiger partial charge is 0.444 e. The van der Waals surface area contributed by atoms with E-state index in [1.807, 2.05) is 84.0 Å². The molecule has 2 aromatic carbocycles. The highest BCUT2D eigenvalue weighted by Crippen LogP contribution is 2.51. The number of aromatic amines is 2. The molecule has 4 heterocycles. The molecule has 3 aliphatic rings. The summed E-state index contributed by atoms with van der Waals surface area (Å²) in [5.41, 5.74) is 3.80. The van der Waals surface area contributed by atoms with E-state index in [4.69, 9.17) is 14.5 Å². The van der Waals surface area contributed by atoms with Gasteiger partial charge >= 0.3 is 12.2 Å². The number of nitrogens with zero attached hydrogens (tertiary/aromatic N) is 4. The van der Waals surface area contributed by atoms with Gasteiger partial charge in [0, 0.05) is 29.6 Å². The van der Waals surface area contributed by atoms with E-state index >= 15 is 0 Å². The van der Waals surface area contributed by atoms with Crippen LogP contribution in [0.1, 0.15) is 102 Å². The number of ether oxygens (including phenoxy) is 2. The number of aromatic nitrogens is 4. The van der Waals surface area contributed by atoms with Crippen molar-refractivity contribution in [2.24, 2.45) is 5.92 Å². The van der Waals surface area contributed by atoms with Crippen LogP contribution in [-0.2, 0) is 9.47 Å². The van der Waals surface area contributed by atoms with Gasteiger partial charge in [-0.15, -0.1) is 0 Å². The van der Waals surface area contributed by atoms with Gasteiger partial charge in [0.05, 0.1) is 35.0 Å². The molecule has 11 heteroatoms. The van der Waals surface area contributed by atoms with Gasteiger partial charge in [-0.2, -0.15) is 0 Å². The lowest BCUT2D eigenvalue weighted by Crippen LogP contribution is -2.45. The zero-order chi connectivity index (χ0) is 34.7. The molecule has 1 saturated carbocycles. The SMILES string of the molecule is CC(C)(C)OC(=O)N1CCC[C@H]1c1ncc(-c2ccc(C#Cc3ccc4nc([C@@H]5[C@@H]6C[C@H](C[C@@H]6F)N5C(=O)OC(C)(C)C)[nH]c4c3)cc2)[nH]1. The van der Waals surface area contributed by atoms with Gasteiger partial charge < -0.3 is 19.4 Å². The van der Waals surface area contributed by atoms with Gasteiger partial charge in [0.2, 0.25) is 0 Å². The minimum atomic E-state index is -0.980. The number of amides is 2. The number of likely N-dealkylation sites (tertiary alicyclic amines) is 2. The molecule has 2 saturated heterocycles. The number of fused-ring (bicyclic) bond motifs is 3. The molecule has 2 amide bonds. The van der Waals surface area contributed by atoms with E-state index in [1.165, 1.54) is 0 Å². The monoisotopic (exact) mass is 666 g/mol. The zero-order valence-corrected chi connectivity index (χ0v) is 28.8. The summed E-state index contributed by atoms with van der Waals surface area (Å²) in [6, 6.07) is 12.8. The fraction of sp³-hybridized carbons (Fsp3) is 0.474.